The molecule has 0 saturated carbocycles. The van der Waals surface area contributed by atoms with Crippen LogP contribution in [0.3, 0.4) is 0 Å². The van der Waals surface area contributed by atoms with Crippen LogP contribution in [-0.2, 0) is 68.2 Å². The van der Waals surface area contributed by atoms with Crippen LogP contribution in [0.5, 0.6) is 0 Å². The number of carbonyl (C=O) groups is 5. The Kier molecular flexibility index (Phi) is 37.3. The van der Waals surface area contributed by atoms with Crippen LogP contribution < -0.4 is 21.7 Å². The van der Waals surface area contributed by atoms with E-state index in [1.165, 1.54) is 11.3 Å². The van der Waals surface area contributed by atoms with E-state index in [0.717, 1.165) is 32.2 Å². The molecule has 0 aliphatic carbocycles. The van der Waals surface area contributed by atoms with Crippen LogP contribution in [0.25, 0.3) is 0 Å². The summed E-state index contributed by atoms with van der Waals surface area (Å²) in [5.74, 6) is -2.42. The van der Waals surface area contributed by atoms with Gasteiger partial charge in [-0.1, -0.05) is 66.5 Å². The number of amides is 4. The van der Waals surface area contributed by atoms with E-state index in [9.17, 15) is 29.1 Å². The standard InChI is InChI=1S/C57H97N7O15S/c1-8-20-64(56(68)52(43(6)10-3)62-54(67)48-13-11-12-21-63(48)7)49(42(4)5)40-50(79-22-9-2)55-61-47(41-80-55)53(66)60-46(57(69)70)39-44-14-16-45(17-15-44)59-51(65)18-23-71-25-27-73-29-31-75-33-35-77-37-38-78-36-34-76-32-30-74-28-26-72-24-19-58/h14-17,41-43,46,48-50,52H,8-13,18-40,58H2,1-7H3,(H,59,65)(H,60,66)(H,62,67)(H,69,70)/t43-,46-,48+,49?,50+,52-/m0/s1. The zero-order chi connectivity index (χ0) is 58.3. The van der Waals surface area contributed by atoms with Gasteiger partial charge in [0.1, 0.15) is 28.9 Å². The Morgan fingerprint density at radius 3 is 1.79 bits per heavy atom. The number of anilines is 1. The number of aliphatic carboxylic acids is 1. The van der Waals surface area contributed by atoms with Crippen LogP contribution in [0.4, 0.5) is 5.69 Å². The number of nitrogens with zero attached hydrogens (tertiary/aromatic N) is 3. The van der Waals surface area contributed by atoms with Crippen molar-refractivity contribution < 1.29 is 71.7 Å². The second-order valence-corrected chi connectivity index (χ2v) is 21.0. The Bertz CT molecular complexity index is 2000. The molecule has 6 N–H and O–H groups in total. The number of aromatic nitrogens is 1. The average molecular weight is 1150 g/mol. The van der Waals surface area contributed by atoms with Crippen LogP contribution in [0.1, 0.15) is 120 Å². The SMILES string of the molecule is CCCO[C@H](CC(C(C)C)N(CCC)C(=O)[C@@H](NC(=O)[C@H]1CCCCN1C)[C@@H](C)CC)c1nc(C(=O)N[C@@H](Cc2ccc(NC(=O)CCOCCOCCOCCOCCOCCOCCOCCOCCN)cc2)C(=O)O)cs1. The van der Waals surface area contributed by atoms with Gasteiger partial charge in [-0.2, -0.15) is 0 Å². The number of rotatable bonds is 47. The van der Waals surface area contributed by atoms with E-state index >= 15 is 0 Å². The molecular weight excluding hydrogens is 1050 g/mol. The number of likely N-dealkylation sites (N-methyl/N-ethyl adjacent to an activating group) is 1. The van der Waals surface area contributed by atoms with Gasteiger partial charge in [-0.05, 0) is 68.8 Å². The molecule has 1 unspecified atom stereocenters. The van der Waals surface area contributed by atoms with Crippen LogP contribution in [0.15, 0.2) is 29.6 Å². The monoisotopic (exact) mass is 1150 g/mol. The highest BCUT2D eigenvalue weighted by Crippen LogP contribution is 2.32. The third-order valence-corrected chi connectivity index (χ3v) is 14.3. The third-order valence-electron chi connectivity index (χ3n) is 13.4. The fraction of sp³-hybridized carbons (Fsp3) is 0.754. The summed E-state index contributed by atoms with van der Waals surface area (Å²) in [6.07, 6.45) is 4.88. The van der Waals surface area contributed by atoms with Gasteiger partial charge < -0.3 is 74.3 Å². The maximum absolute atomic E-state index is 14.7. The number of carboxylic acids is 1. The Morgan fingerprint density at radius 1 is 0.750 bits per heavy atom. The van der Waals surface area contributed by atoms with Gasteiger partial charge in [0, 0.05) is 49.6 Å². The summed E-state index contributed by atoms with van der Waals surface area (Å²) in [6, 6.07) is 4.23. The Hall–Kier alpha value is -4.24. The van der Waals surface area contributed by atoms with E-state index in [-0.39, 0.29) is 66.8 Å². The van der Waals surface area contributed by atoms with Crippen LogP contribution in [0.2, 0.25) is 0 Å². The molecule has 4 amide bonds. The molecule has 23 heteroatoms. The molecule has 1 fully saturated rings. The van der Waals surface area contributed by atoms with Gasteiger partial charge >= 0.3 is 5.97 Å². The second-order valence-electron chi connectivity index (χ2n) is 20.1. The molecule has 0 spiro atoms. The quantitative estimate of drug-likeness (QED) is 0.0538. The first-order chi connectivity index (χ1) is 38.7. The molecule has 1 aromatic heterocycles. The first-order valence-corrected chi connectivity index (χ1v) is 29.7. The predicted molar refractivity (Wildman–Crippen MR) is 306 cm³/mol. The Balaban J connectivity index is 1.39. The Morgan fingerprint density at radius 2 is 1.30 bits per heavy atom. The minimum absolute atomic E-state index is 0.0139. The van der Waals surface area contributed by atoms with E-state index in [1.54, 1.807) is 29.6 Å². The average Bonchev–Trinajstić information content (AvgIpc) is 3.96. The number of ether oxygens (including phenoxy) is 9. The van der Waals surface area contributed by atoms with Crippen molar-refractivity contribution in [1.29, 1.82) is 0 Å². The number of piperidine rings is 1. The van der Waals surface area contributed by atoms with Crippen LogP contribution in [-0.4, -0.2) is 213 Å². The molecule has 22 nitrogen and oxygen atoms in total. The number of benzene rings is 1. The number of nitrogens with two attached hydrogens (primary N) is 1. The summed E-state index contributed by atoms with van der Waals surface area (Å²) in [5, 5.41) is 20.9. The first-order valence-electron chi connectivity index (χ1n) is 28.9. The number of likely N-dealkylation sites (tertiary alicyclic amines) is 1. The highest BCUT2D eigenvalue weighted by atomic mass is 32.1. The van der Waals surface area contributed by atoms with Crippen molar-refractivity contribution in [2.45, 2.75) is 130 Å². The normalized spacial score (nSPS) is 15.7. The fourth-order valence-corrected chi connectivity index (χ4v) is 9.58. The third kappa shape index (κ3) is 28.2. The van der Waals surface area contributed by atoms with Crippen molar-refractivity contribution in [3.05, 3.63) is 45.9 Å². The molecule has 1 aliphatic rings. The Labute approximate surface area is 479 Å². The molecule has 2 aromatic rings. The van der Waals surface area contributed by atoms with E-state index < -0.39 is 30.1 Å². The lowest BCUT2D eigenvalue weighted by atomic mass is 9.92. The van der Waals surface area contributed by atoms with Gasteiger partial charge in [0.15, 0.2) is 0 Å². The van der Waals surface area contributed by atoms with Crippen LogP contribution >= 0.6 is 11.3 Å². The molecule has 0 radical (unpaired) electrons. The van der Waals surface area contributed by atoms with Crippen molar-refractivity contribution in [1.82, 2.24) is 25.4 Å². The second kappa shape index (κ2) is 42.6. The molecule has 2 heterocycles. The number of thiazole rings is 1. The first kappa shape index (κ1) is 70.0. The zero-order valence-electron chi connectivity index (χ0n) is 48.9. The van der Waals surface area contributed by atoms with E-state index in [2.05, 4.69) is 39.7 Å². The minimum Gasteiger partial charge on any atom is -0.480 e. The molecule has 6 atom stereocenters. The molecule has 456 valence electrons. The maximum Gasteiger partial charge on any atom is 0.326 e. The molecule has 1 aromatic carbocycles. The fourth-order valence-electron chi connectivity index (χ4n) is 8.72. The molecule has 1 aliphatic heterocycles. The summed E-state index contributed by atoms with van der Waals surface area (Å²) in [7, 11) is 1.96. The topological polar surface area (TPSA) is 270 Å². The maximum atomic E-state index is 14.7. The number of nitrogens with one attached hydrogen (secondary N) is 3. The van der Waals surface area contributed by atoms with Crippen molar-refractivity contribution >= 4 is 46.6 Å². The van der Waals surface area contributed by atoms with Gasteiger partial charge in [-0.25, -0.2) is 9.78 Å². The highest BCUT2D eigenvalue weighted by Gasteiger charge is 2.38. The van der Waals surface area contributed by atoms with Gasteiger partial charge in [-0.15, -0.1) is 11.3 Å². The van der Waals surface area contributed by atoms with Gasteiger partial charge in [0.05, 0.1) is 118 Å². The van der Waals surface area contributed by atoms with Crippen LogP contribution in [0, 0.1) is 11.8 Å². The van der Waals surface area contributed by atoms with Crippen molar-refractivity contribution in [3.63, 3.8) is 0 Å². The van der Waals surface area contributed by atoms with Gasteiger partial charge in [-0.3, -0.25) is 24.1 Å². The summed E-state index contributed by atoms with van der Waals surface area (Å²) < 4.78 is 50.0. The lowest BCUT2D eigenvalue weighted by molar-refractivity contribution is -0.143. The van der Waals surface area contributed by atoms with E-state index in [4.69, 9.17) is 48.4 Å². The number of hydrogen-bond donors (Lipinski definition) is 5. The smallest absolute Gasteiger partial charge is 0.326 e. The van der Waals surface area contributed by atoms with Gasteiger partial charge in [0.25, 0.3) is 5.91 Å². The van der Waals surface area contributed by atoms with Crippen molar-refractivity contribution in [2.75, 3.05) is 144 Å². The summed E-state index contributed by atoms with van der Waals surface area (Å²) in [4.78, 5) is 75.8. The zero-order valence-corrected chi connectivity index (χ0v) is 49.7. The largest absolute Gasteiger partial charge is 0.480 e. The lowest BCUT2D eigenvalue weighted by Crippen LogP contribution is -2.58. The van der Waals surface area contributed by atoms with Crippen molar-refractivity contribution in [2.24, 2.45) is 17.6 Å². The highest BCUT2D eigenvalue weighted by molar-refractivity contribution is 7.09. The molecule has 80 heavy (non-hydrogen) atoms. The predicted octanol–water partition coefficient (Wildman–Crippen LogP) is 5.13. The lowest BCUT2D eigenvalue weighted by Gasteiger charge is -2.40. The molecule has 0 bridgehead atoms. The molecular formula is C57H97N7O15S. The van der Waals surface area contributed by atoms with E-state index in [1.807, 2.05) is 39.6 Å². The molecule has 3 rings (SSSR count). The number of hydrogen-bond acceptors (Lipinski definition) is 18. The number of carboxylic acid groups (broad SMARTS) is 1. The molecule has 1 saturated heterocycles. The van der Waals surface area contributed by atoms with Gasteiger partial charge in [0.2, 0.25) is 17.7 Å². The summed E-state index contributed by atoms with van der Waals surface area (Å²) >= 11 is 1.25. The van der Waals surface area contributed by atoms with Crippen molar-refractivity contribution in [3.8, 4) is 0 Å². The number of carbonyl (C=O) groups excluding carboxylic acids is 4. The summed E-state index contributed by atoms with van der Waals surface area (Å²) in [5.41, 5.74) is 6.57. The minimum atomic E-state index is -1.27. The van der Waals surface area contributed by atoms with E-state index in [0.29, 0.717) is 154 Å². The summed E-state index contributed by atoms with van der Waals surface area (Å²) in [6.45, 7) is 21.4.